The molecule has 0 radical (unpaired) electrons. The van der Waals surface area contributed by atoms with E-state index < -0.39 is 0 Å². The summed E-state index contributed by atoms with van der Waals surface area (Å²) in [6.07, 6.45) is 4.67. The number of hydrogen-bond donors (Lipinski definition) is 1. The first-order chi connectivity index (χ1) is 11.7. The highest BCUT2D eigenvalue weighted by Gasteiger charge is 2.27. The molecule has 0 aliphatic carbocycles. The summed E-state index contributed by atoms with van der Waals surface area (Å²) in [4.78, 5) is 14.6. The van der Waals surface area contributed by atoms with Crippen LogP contribution < -0.4 is 5.32 Å². The third-order valence-electron chi connectivity index (χ3n) is 4.94. The summed E-state index contributed by atoms with van der Waals surface area (Å²) in [5.74, 6) is 0.279. The standard InChI is InChI=1S/C17H28N4O3/c1-20-6-3-13(4-7-20)17(22)18-11-15-16-14(5-9-24-15)12-21(19-16)8-10-23-2/h12-13,15H,3-11H2,1-2H3,(H,18,22)/t15-/m0/s1. The van der Waals surface area contributed by atoms with E-state index in [9.17, 15) is 4.79 Å². The molecule has 2 aliphatic rings. The van der Waals surface area contributed by atoms with Crippen molar-refractivity contribution < 1.29 is 14.3 Å². The number of nitrogens with one attached hydrogen (secondary N) is 1. The summed E-state index contributed by atoms with van der Waals surface area (Å²) in [6, 6.07) is 0. The molecule has 1 aromatic heterocycles. The average Bonchev–Trinajstić information content (AvgIpc) is 3.02. The smallest absolute Gasteiger partial charge is 0.223 e. The molecule has 134 valence electrons. The second-order valence-electron chi connectivity index (χ2n) is 6.73. The summed E-state index contributed by atoms with van der Waals surface area (Å²) in [5.41, 5.74) is 2.18. The number of aromatic nitrogens is 2. The predicted molar refractivity (Wildman–Crippen MR) is 89.7 cm³/mol. The highest BCUT2D eigenvalue weighted by molar-refractivity contribution is 5.78. The zero-order valence-corrected chi connectivity index (χ0v) is 14.7. The number of nitrogens with zero attached hydrogens (tertiary/aromatic N) is 3. The lowest BCUT2D eigenvalue weighted by Gasteiger charge is -2.29. The van der Waals surface area contributed by atoms with Gasteiger partial charge in [-0.25, -0.2) is 0 Å². The fourth-order valence-corrected chi connectivity index (χ4v) is 3.39. The number of hydrogen-bond acceptors (Lipinski definition) is 5. The van der Waals surface area contributed by atoms with Crippen molar-refractivity contribution in [3.8, 4) is 0 Å². The molecule has 3 rings (SSSR count). The van der Waals surface area contributed by atoms with Crippen LogP contribution in [-0.4, -0.2) is 67.6 Å². The van der Waals surface area contributed by atoms with Crippen molar-refractivity contribution in [1.82, 2.24) is 20.0 Å². The van der Waals surface area contributed by atoms with Crippen LogP contribution in [0.3, 0.4) is 0 Å². The number of ether oxygens (including phenoxy) is 2. The van der Waals surface area contributed by atoms with Gasteiger partial charge >= 0.3 is 0 Å². The Morgan fingerprint density at radius 2 is 2.25 bits per heavy atom. The summed E-state index contributed by atoms with van der Waals surface area (Å²) >= 11 is 0. The molecule has 1 fully saturated rings. The van der Waals surface area contributed by atoms with Gasteiger partial charge in [0, 0.05) is 25.8 Å². The van der Waals surface area contributed by atoms with E-state index in [1.165, 1.54) is 5.56 Å². The molecule has 1 N–H and O–H groups in total. The van der Waals surface area contributed by atoms with Crippen LogP contribution in [0.4, 0.5) is 0 Å². The van der Waals surface area contributed by atoms with Gasteiger partial charge in [0.1, 0.15) is 6.10 Å². The minimum atomic E-state index is -0.146. The maximum Gasteiger partial charge on any atom is 0.223 e. The first-order valence-electron chi connectivity index (χ1n) is 8.80. The van der Waals surface area contributed by atoms with Gasteiger partial charge in [0.05, 0.1) is 25.5 Å². The molecule has 1 saturated heterocycles. The van der Waals surface area contributed by atoms with Gasteiger partial charge in [-0.2, -0.15) is 5.10 Å². The predicted octanol–water partition coefficient (Wildman–Crippen LogP) is 0.601. The number of rotatable bonds is 6. The third-order valence-corrected chi connectivity index (χ3v) is 4.94. The molecule has 24 heavy (non-hydrogen) atoms. The lowest BCUT2D eigenvalue weighted by atomic mass is 9.96. The fourth-order valence-electron chi connectivity index (χ4n) is 3.39. The van der Waals surface area contributed by atoms with Gasteiger partial charge in [-0.1, -0.05) is 0 Å². The van der Waals surface area contributed by atoms with Crippen molar-refractivity contribution >= 4 is 5.91 Å². The minimum Gasteiger partial charge on any atom is -0.383 e. The lowest BCUT2D eigenvalue weighted by molar-refractivity contribution is -0.127. The van der Waals surface area contributed by atoms with E-state index in [1.54, 1.807) is 7.11 Å². The number of methoxy groups -OCH3 is 1. The van der Waals surface area contributed by atoms with Gasteiger partial charge in [0.15, 0.2) is 0 Å². The van der Waals surface area contributed by atoms with Gasteiger partial charge in [0.25, 0.3) is 0 Å². The maximum absolute atomic E-state index is 12.4. The molecule has 1 amide bonds. The van der Waals surface area contributed by atoms with E-state index in [2.05, 4.69) is 28.6 Å². The topological polar surface area (TPSA) is 68.6 Å². The highest BCUT2D eigenvalue weighted by Crippen LogP contribution is 2.25. The molecule has 3 heterocycles. The Labute approximate surface area is 143 Å². The van der Waals surface area contributed by atoms with Crippen molar-refractivity contribution in [1.29, 1.82) is 0 Å². The van der Waals surface area contributed by atoms with E-state index in [0.29, 0.717) is 19.8 Å². The Morgan fingerprint density at radius 3 is 3.00 bits per heavy atom. The summed E-state index contributed by atoms with van der Waals surface area (Å²) < 4.78 is 12.9. The number of carbonyl (C=O) groups excluding carboxylic acids is 1. The highest BCUT2D eigenvalue weighted by atomic mass is 16.5. The van der Waals surface area contributed by atoms with Crippen LogP contribution in [0, 0.1) is 5.92 Å². The Morgan fingerprint density at radius 1 is 1.46 bits per heavy atom. The van der Waals surface area contributed by atoms with Crippen LogP contribution in [-0.2, 0) is 27.2 Å². The van der Waals surface area contributed by atoms with Crippen LogP contribution >= 0.6 is 0 Å². The molecule has 0 unspecified atom stereocenters. The van der Waals surface area contributed by atoms with Crippen molar-refractivity contribution in [3.63, 3.8) is 0 Å². The Kier molecular flexibility index (Phi) is 5.86. The van der Waals surface area contributed by atoms with Crippen LogP contribution in [0.2, 0.25) is 0 Å². The van der Waals surface area contributed by atoms with Gasteiger partial charge in [-0.05, 0) is 45.0 Å². The molecule has 7 heteroatoms. The third kappa shape index (κ3) is 4.15. The van der Waals surface area contributed by atoms with Gasteiger partial charge in [-0.15, -0.1) is 0 Å². The van der Waals surface area contributed by atoms with Gasteiger partial charge < -0.3 is 19.7 Å². The Balaban J connectivity index is 1.55. The van der Waals surface area contributed by atoms with Crippen LogP contribution in [0.15, 0.2) is 6.20 Å². The van der Waals surface area contributed by atoms with Crippen molar-refractivity contribution in [2.45, 2.75) is 31.9 Å². The zero-order valence-electron chi connectivity index (χ0n) is 14.7. The van der Waals surface area contributed by atoms with E-state index >= 15 is 0 Å². The zero-order chi connectivity index (χ0) is 16.9. The van der Waals surface area contributed by atoms with Gasteiger partial charge in [-0.3, -0.25) is 9.48 Å². The summed E-state index contributed by atoms with van der Waals surface area (Å²) in [6.45, 7) is 4.53. The molecule has 7 nitrogen and oxygen atoms in total. The van der Waals surface area contributed by atoms with E-state index in [1.807, 2.05) is 4.68 Å². The van der Waals surface area contributed by atoms with Crippen molar-refractivity contribution in [2.24, 2.45) is 5.92 Å². The van der Waals surface area contributed by atoms with Crippen molar-refractivity contribution in [2.75, 3.05) is 47.0 Å². The average molecular weight is 336 g/mol. The monoisotopic (exact) mass is 336 g/mol. The van der Waals surface area contributed by atoms with E-state index in [-0.39, 0.29) is 17.9 Å². The number of likely N-dealkylation sites (tertiary alicyclic amines) is 1. The van der Waals surface area contributed by atoms with Crippen molar-refractivity contribution in [3.05, 3.63) is 17.5 Å². The lowest BCUT2D eigenvalue weighted by Crippen LogP contribution is -2.40. The second-order valence-corrected chi connectivity index (χ2v) is 6.73. The SMILES string of the molecule is COCCn1cc2c(n1)[C@H](CNC(=O)C1CCN(C)CC1)OCC2. The van der Waals surface area contributed by atoms with Crippen LogP contribution in [0.1, 0.15) is 30.2 Å². The summed E-state index contributed by atoms with van der Waals surface area (Å²) in [5, 5.41) is 7.70. The largest absolute Gasteiger partial charge is 0.383 e. The molecule has 0 bridgehead atoms. The summed E-state index contributed by atoms with van der Waals surface area (Å²) in [7, 11) is 3.79. The fraction of sp³-hybridized carbons (Fsp3) is 0.765. The van der Waals surface area contributed by atoms with Gasteiger partial charge in [0.2, 0.25) is 5.91 Å². The van der Waals surface area contributed by atoms with E-state index in [0.717, 1.165) is 44.6 Å². The molecule has 0 saturated carbocycles. The molecule has 1 aromatic rings. The number of piperidine rings is 1. The molecular weight excluding hydrogens is 308 g/mol. The molecule has 0 spiro atoms. The Hall–Kier alpha value is -1.44. The Bertz CT molecular complexity index is 552. The minimum absolute atomic E-state index is 0.128. The molecule has 1 atom stereocenters. The van der Waals surface area contributed by atoms with Crippen LogP contribution in [0.25, 0.3) is 0 Å². The first kappa shape index (κ1) is 17.4. The van der Waals surface area contributed by atoms with E-state index in [4.69, 9.17) is 9.47 Å². The van der Waals surface area contributed by atoms with Crippen LogP contribution in [0.5, 0.6) is 0 Å². The number of carbonyl (C=O) groups is 1. The number of fused-ring (bicyclic) bond motifs is 1. The first-order valence-corrected chi connectivity index (χ1v) is 8.80. The quantitative estimate of drug-likeness (QED) is 0.824. The molecule has 0 aromatic carbocycles. The number of amides is 1. The molecule has 2 aliphatic heterocycles. The second kappa shape index (κ2) is 8.09. The maximum atomic E-state index is 12.4. The normalized spacial score (nSPS) is 22.3. The molecular formula is C17H28N4O3.